The Balaban J connectivity index is 1.32. The maximum Gasteiger partial charge on any atom is 0.417 e. The predicted octanol–water partition coefficient (Wildman–Crippen LogP) is 6.67. The van der Waals surface area contributed by atoms with Gasteiger partial charge in [0.1, 0.15) is 12.4 Å². The Bertz CT molecular complexity index is 1180. The molecule has 184 valence electrons. The number of alkyl halides is 3. The van der Waals surface area contributed by atoms with Crippen molar-refractivity contribution in [3.05, 3.63) is 87.5 Å². The van der Waals surface area contributed by atoms with E-state index in [1.54, 1.807) is 0 Å². The van der Waals surface area contributed by atoms with Gasteiger partial charge in [-0.3, -0.25) is 0 Å². The van der Waals surface area contributed by atoms with Crippen LogP contribution in [0.25, 0.3) is 0 Å². The molecule has 0 atom stereocenters. The third kappa shape index (κ3) is 6.38. The van der Waals surface area contributed by atoms with E-state index in [-0.39, 0.29) is 5.02 Å². The molecule has 0 N–H and O–H groups in total. The number of hydrogen-bond donors (Lipinski definition) is 0. The van der Waals surface area contributed by atoms with Crippen LogP contribution in [0.15, 0.2) is 65.9 Å². The summed E-state index contributed by atoms with van der Waals surface area (Å²) in [7, 11) is 0. The van der Waals surface area contributed by atoms with E-state index in [9.17, 15) is 13.2 Å². The molecular formula is C25H23Cl2F3N4O. The lowest BCUT2D eigenvalue weighted by Gasteiger charge is -2.37. The number of aromatic nitrogens is 1. The van der Waals surface area contributed by atoms with Gasteiger partial charge in [-0.05, 0) is 48.4 Å². The number of piperazine rings is 1. The molecule has 0 unspecified atom stereocenters. The van der Waals surface area contributed by atoms with Crippen LogP contribution in [0.2, 0.25) is 10.0 Å². The number of anilines is 2. The van der Waals surface area contributed by atoms with E-state index in [1.165, 1.54) is 0 Å². The number of benzene rings is 2. The molecule has 0 aliphatic carbocycles. The second kappa shape index (κ2) is 10.7. The number of rotatable bonds is 6. The van der Waals surface area contributed by atoms with Gasteiger partial charge in [0.25, 0.3) is 0 Å². The van der Waals surface area contributed by atoms with Crippen LogP contribution in [-0.4, -0.2) is 36.9 Å². The summed E-state index contributed by atoms with van der Waals surface area (Å²) >= 11 is 12.0. The predicted molar refractivity (Wildman–Crippen MR) is 134 cm³/mol. The number of hydrogen-bond acceptors (Lipinski definition) is 5. The monoisotopic (exact) mass is 522 g/mol. The first-order valence-electron chi connectivity index (χ1n) is 10.9. The molecule has 4 rings (SSSR count). The van der Waals surface area contributed by atoms with Crippen molar-refractivity contribution in [1.29, 1.82) is 0 Å². The Labute approximate surface area is 211 Å². The molecule has 10 heteroatoms. The summed E-state index contributed by atoms with van der Waals surface area (Å²) in [6.07, 6.45) is -3.64. The fraction of sp³-hybridized carbons (Fsp3) is 0.280. The molecule has 1 aromatic heterocycles. The summed E-state index contributed by atoms with van der Waals surface area (Å²) in [6, 6.07) is 16.3. The molecule has 5 nitrogen and oxygen atoms in total. The molecule has 2 heterocycles. The van der Waals surface area contributed by atoms with E-state index in [2.05, 4.69) is 15.0 Å². The largest absolute Gasteiger partial charge is 0.417 e. The van der Waals surface area contributed by atoms with E-state index in [4.69, 9.17) is 28.0 Å². The fourth-order valence-corrected chi connectivity index (χ4v) is 4.16. The SMILES string of the molecule is C/C(=N\OCc1ccc(Cl)cc1)c1ccc(N2CCN(c3ncc(C(F)(F)F)cc3Cl)CC2)cc1. The highest BCUT2D eigenvalue weighted by Gasteiger charge is 2.32. The number of pyridine rings is 1. The average Bonchev–Trinajstić information content (AvgIpc) is 2.85. The number of halogens is 5. The van der Waals surface area contributed by atoms with E-state index in [1.807, 2.05) is 60.4 Å². The molecule has 1 aliphatic rings. The Hall–Kier alpha value is -2.97. The maximum atomic E-state index is 12.9. The molecule has 35 heavy (non-hydrogen) atoms. The Kier molecular flexibility index (Phi) is 7.72. The molecule has 0 saturated carbocycles. The molecule has 1 aliphatic heterocycles. The minimum absolute atomic E-state index is 0.00525. The Morgan fingerprint density at radius 3 is 2.20 bits per heavy atom. The van der Waals surface area contributed by atoms with Gasteiger partial charge in [-0.25, -0.2) is 4.98 Å². The van der Waals surface area contributed by atoms with Gasteiger partial charge in [0.2, 0.25) is 0 Å². The van der Waals surface area contributed by atoms with Crippen molar-refractivity contribution < 1.29 is 18.0 Å². The van der Waals surface area contributed by atoms with Gasteiger partial charge in [-0.2, -0.15) is 13.2 Å². The zero-order chi connectivity index (χ0) is 25.0. The molecular weight excluding hydrogens is 500 g/mol. The average molecular weight is 523 g/mol. The highest BCUT2D eigenvalue weighted by molar-refractivity contribution is 6.33. The minimum atomic E-state index is -4.47. The van der Waals surface area contributed by atoms with Crippen LogP contribution in [0.1, 0.15) is 23.6 Å². The van der Waals surface area contributed by atoms with Crippen LogP contribution < -0.4 is 9.80 Å². The standard InChI is InChI=1S/C25H23Cl2F3N4O/c1-17(32-35-16-18-2-6-21(26)7-3-18)19-4-8-22(9-5-19)33-10-12-34(13-11-33)24-23(27)14-20(15-31-24)25(28,29)30/h2-9,14-15H,10-13,16H2,1H3/b32-17+. The van der Waals surface area contributed by atoms with Gasteiger partial charge in [-0.15, -0.1) is 0 Å². The summed E-state index contributed by atoms with van der Waals surface area (Å²) in [6.45, 7) is 4.81. The summed E-state index contributed by atoms with van der Waals surface area (Å²) < 4.78 is 38.6. The number of nitrogens with zero attached hydrogens (tertiary/aromatic N) is 4. The van der Waals surface area contributed by atoms with Crippen molar-refractivity contribution in [2.24, 2.45) is 5.16 Å². The second-order valence-electron chi connectivity index (χ2n) is 8.12. The maximum absolute atomic E-state index is 12.9. The van der Waals surface area contributed by atoms with Crippen molar-refractivity contribution in [3.63, 3.8) is 0 Å². The highest BCUT2D eigenvalue weighted by atomic mass is 35.5. The summed E-state index contributed by atoms with van der Waals surface area (Å²) in [5.41, 5.74) is 2.89. The fourth-order valence-electron chi connectivity index (χ4n) is 3.75. The van der Waals surface area contributed by atoms with Gasteiger partial charge in [0.05, 0.1) is 16.3 Å². The van der Waals surface area contributed by atoms with Crippen LogP contribution in [0.5, 0.6) is 0 Å². The normalized spacial score (nSPS) is 14.9. The van der Waals surface area contributed by atoms with Gasteiger partial charge in [0, 0.05) is 43.1 Å². The van der Waals surface area contributed by atoms with E-state index < -0.39 is 11.7 Å². The van der Waals surface area contributed by atoms with E-state index in [0.717, 1.165) is 34.8 Å². The molecule has 0 amide bonds. The third-order valence-corrected chi connectivity index (χ3v) is 6.25. The van der Waals surface area contributed by atoms with Gasteiger partial charge in [0.15, 0.2) is 0 Å². The van der Waals surface area contributed by atoms with Crippen LogP contribution in [0.3, 0.4) is 0 Å². The molecule has 1 fully saturated rings. The smallest absolute Gasteiger partial charge is 0.391 e. The minimum Gasteiger partial charge on any atom is -0.391 e. The zero-order valence-electron chi connectivity index (χ0n) is 18.9. The lowest BCUT2D eigenvalue weighted by molar-refractivity contribution is -0.137. The van der Waals surface area contributed by atoms with Crippen LogP contribution in [0.4, 0.5) is 24.7 Å². The summed E-state index contributed by atoms with van der Waals surface area (Å²) in [4.78, 5) is 13.5. The molecule has 0 bridgehead atoms. The Morgan fingerprint density at radius 1 is 0.971 bits per heavy atom. The van der Waals surface area contributed by atoms with Crippen LogP contribution in [0, 0.1) is 0 Å². The molecule has 3 aromatic rings. The third-order valence-electron chi connectivity index (χ3n) is 5.72. The van der Waals surface area contributed by atoms with Crippen molar-refractivity contribution in [2.75, 3.05) is 36.0 Å². The van der Waals surface area contributed by atoms with E-state index >= 15 is 0 Å². The van der Waals surface area contributed by atoms with Gasteiger partial charge in [-0.1, -0.05) is 52.6 Å². The molecule has 2 aromatic carbocycles. The van der Waals surface area contributed by atoms with Crippen molar-refractivity contribution in [1.82, 2.24) is 4.98 Å². The first kappa shape index (κ1) is 25.1. The lowest BCUT2D eigenvalue weighted by Crippen LogP contribution is -2.47. The van der Waals surface area contributed by atoms with Crippen molar-refractivity contribution in [3.8, 4) is 0 Å². The quantitative estimate of drug-likeness (QED) is 0.267. The lowest BCUT2D eigenvalue weighted by atomic mass is 10.1. The first-order chi connectivity index (χ1) is 16.7. The van der Waals surface area contributed by atoms with Gasteiger partial charge >= 0.3 is 6.18 Å². The first-order valence-corrected chi connectivity index (χ1v) is 11.7. The Morgan fingerprint density at radius 2 is 1.60 bits per heavy atom. The highest BCUT2D eigenvalue weighted by Crippen LogP contribution is 2.34. The summed E-state index contributed by atoms with van der Waals surface area (Å²) in [5, 5.41) is 4.88. The zero-order valence-corrected chi connectivity index (χ0v) is 20.4. The number of oxime groups is 1. The molecule has 1 saturated heterocycles. The van der Waals surface area contributed by atoms with Crippen LogP contribution in [-0.2, 0) is 17.6 Å². The van der Waals surface area contributed by atoms with E-state index in [0.29, 0.717) is 43.6 Å². The molecule has 0 spiro atoms. The molecule has 0 radical (unpaired) electrons. The van der Waals surface area contributed by atoms with Crippen molar-refractivity contribution in [2.45, 2.75) is 19.7 Å². The summed E-state index contributed by atoms with van der Waals surface area (Å²) in [5.74, 6) is 0.375. The van der Waals surface area contributed by atoms with Gasteiger partial charge < -0.3 is 14.6 Å². The van der Waals surface area contributed by atoms with Crippen LogP contribution >= 0.6 is 23.2 Å². The second-order valence-corrected chi connectivity index (χ2v) is 8.97. The topological polar surface area (TPSA) is 41.0 Å². The van der Waals surface area contributed by atoms with Crippen molar-refractivity contribution >= 4 is 40.4 Å².